The van der Waals surface area contributed by atoms with E-state index in [1.807, 2.05) is 16.5 Å². The van der Waals surface area contributed by atoms with Crippen LogP contribution in [0.5, 0.6) is 0 Å². The topological polar surface area (TPSA) is 72.3 Å². The highest BCUT2D eigenvalue weighted by Gasteiger charge is 2.32. The van der Waals surface area contributed by atoms with Gasteiger partial charge in [0, 0.05) is 32.6 Å². The van der Waals surface area contributed by atoms with Crippen LogP contribution in [0.25, 0.3) is 0 Å². The molecule has 1 N–H and O–H groups in total. The molecule has 3 heterocycles. The number of piperidine rings is 1. The summed E-state index contributed by atoms with van der Waals surface area (Å²) in [6.07, 6.45) is 5.82. The summed E-state index contributed by atoms with van der Waals surface area (Å²) in [5, 5.41) is 11.2. The maximum absolute atomic E-state index is 12.3. The molecule has 0 bridgehead atoms. The van der Waals surface area contributed by atoms with Gasteiger partial charge in [-0.25, -0.2) is 4.79 Å². The molecule has 23 heavy (non-hydrogen) atoms. The van der Waals surface area contributed by atoms with Crippen LogP contribution < -0.4 is 5.32 Å². The Kier molecular flexibility index (Phi) is 4.57. The molecule has 7 heteroatoms. The van der Waals surface area contributed by atoms with Crippen LogP contribution in [0.2, 0.25) is 0 Å². The van der Waals surface area contributed by atoms with Crippen molar-refractivity contribution in [3.05, 3.63) is 12.2 Å². The molecule has 0 saturated carbocycles. The Hall–Kier alpha value is -1.63. The van der Waals surface area contributed by atoms with Crippen molar-refractivity contribution in [3.63, 3.8) is 0 Å². The third kappa shape index (κ3) is 3.83. The molecule has 0 aromatic carbocycles. The standard InChI is InChI=1S/C16H27N5O2/c1-16(2)7-4-13(23-16)10-17-15(22)21-8-5-12(6-9-21)14-19-18-11-20(14)3/h11-13H,4-10H2,1-3H3,(H,17,22)/t13-/m1/s1. The summed E-state index contributed by atoms with van der Waals surface area (Å²) in [6, 6.07) is 0.0229. The average Bonchev–Trinajstić information content (AvgIpc) is 3.10. The Balaban J connectivity index is 1.43. The number of amides is 2. The van der Waals surface area contributed by atoms with Gasteiger partial charge in [-0.3, -0.25) is 0 Å². The van der Waals surface area contributed by atoms with Crippen LogP contribution in [0.3, 0.4) is 0 Å². The minimum absolute atomic E-state index is 0.0229. The predicted molar refractivity (Wildman–Crippen MR) is 86.1 cm³/mol. The summed E-state index contributed by atoms with van der Waals surface area (Å²) in [7, 11) is 1.97. The first-order valence-corrected chi connectivity index (χ1v) is 8.49. The van der Waals surface area contributed by atoms with Gasteiger partial charge in [-0.1, -0.05) is 0 Å². The van der Waals surface area contributed by atoms with Gasteiger partial charge in [0.25, 0.3) is 0 Å². The maximum atomic E-state index is 12.3. The SMILES string of the molecule is Cn1cnnc1C1CCN(C(=O)NC[C@H]2CCC(C)(C)O2)CC1. The van der Waals surface area contributed by atoms with Crippen LogP contribution in [0.4, 0.5) is 4.79 Å². The third-order valence-corrected chi connectivity index (χ3v) is 4.93. The predicted octanol–water partition coefficient (Wildman–Crippen LogP) is 1.66. The highest BCUT2D eigenvalue weighted by molar-refractivity contribution is 5.74. The van der Waals surface area contributed by atoms with Crippen LogP contribution in [-0.2, 0) is 11.8 Å². The minimum atomic E-state index is -0.0517. The summed E-state index contributed by atoms with van der Waals surface area (Å²) in [6.45, 7) is 6.34. The second-order valence-electron chi connectivity index (χ2n) is 7.29. The number of hydrogen-bond acceptors (Lipinski definition) is 4. The number of rotatable bonds is 3. The molecule has 2 fully saturated rings. The Labute approximate surface area is 137 Å². The Morgan fingerprint density at radius 2 is 2.13 bits per heavy atom. The first kappa shape index (κ1) is 16.2. The molecule has 7 nitrogen and oxygen atoms in total. The zero-order valence-corrected chi connectivity index (χ0v) is 14.3. The summed E-state index contributed by atoms with van der Waals surface area (Å²) in [4.78, 5) is 14.2. The number of urea groups is 1. The first-order chi connectivity index (χ1) is 10.9. The van der Waals surface area contributed by atoms with Crippen molar-refractivity contribution < 1.29 is 9.53 Å². The van der Waals surface area contributed by atoms with Gasteiger partial charge in [-0.2, -0.15) is 0 Å². The molecule has 2 saturated heterocycles. The lowest BCUT2D eigenvalue weighted by atomic mass is 9.96. The lowest BCUT2D eigenvalue weighted by molar-refractivity contribution is -0.0136. The van der Waals surface area contributed by atoms with E-state index in [9.17, 15) is 4.79 Å². The lowest BCUT2D eigenvalue weighted by Crippen LogP contribution is -2.46. The van der Waals surface area contributed by atoms with Crippen molar-refractivity contribution in [2.45, 2.75) is 57.2 Å². The fraction of sp³-hybridized carbons (Fsp3) is 0.812. The summed E-state index contributed by atoms with van der Waals surface area (Å²) in [5.41, 5.74) is -0.0517. The molecule has 3 rings (SSSR count). The molecule has 0 radical (unpaired) electrons. The summed E-state index contributed by atoms with van der Waals surface area (Å²) < 4.78 is 7.89. The fourth-order valence-corrected chi connectivity index (χ4v) is 3.54. The minimum Gasteiger partial charge on any atom is -0.371 e. The molecular weight excluding hydrogens is 294 g/mol. The van der Waals surface area contributed by atoms with E-state index in [0.717, 1.165) is 44.6 Å². The Morgan fingerprint density at radius 3 is 2.70 bits per heavy atom. The van der Waals surface area contributed by atoms with E-state index in [1.165, 1.54) is 0 Å². The monoisotopic (exact) mass is 321 g/mol. The van der Waals surface area contributed by atoms with Crippen molar-refractivity contribution in [3.8, 4) is 0 Å². The summed E-state index contributed by atoms with van der Waals surface area (Å²) in [5.74, 6) is 1.41. The third-order valence-electron chi connectivity index (χ3n) is 4.93. The second kappa shape index (κ2) is 6.47. The van der Waals surface area contributed by atoms with Crippen molar-refractivity contribution in [2.75, 3.05) is 19.6 Å². The molecule has 2 aliphatic rings. The molecule has 1 aromatic rings. The number of nitrogens with one attached hydrogen (secondary N) is 1. The quantitative estimate of drug-likeness (QED) is 0.919. The van der Waals surface area contributed by atoms with Gasteiger partial charge >= 0.3 is 6.03 Å². The maximum Gasteiger partial charge on any atom is 0.317 e. The molecule has 2 amide bonds. The molecule has 1 atom stereocenters. The van der Waals surface area contributed by atoms with Crippen molar-refractivity contribution >= 4 is 6.03 Å². The van der Waals surface area contributed by atoms with Crippen LogP contribution in [0, 0.1) is 0 Å². The van der Waals surface area contributed by atoms with E-state index in [0.29, 0.717) is 12.5 Å². The molecule has 1 aromatic heterocycles. The number of aromatic nitrogens is 3. The number of aryl methyl sites for hydroxylation is 1. The van der Waals surface area contributed by atoms with Gasteiger partial charge in [0.05, 0.1) is 11.7 Å². The number of likely N-dealkylation sites (tertiary alicyclic amines) is 1. The zero-order valence-electron chi connectivity index (χ0n) is 14.3. The van der Waals surface area contributed by atoms with Crippen LogP contribution >= 0.6 is 0 Å². The van der Waals surface area contributed by atoms with Crippen molar-refractivity contribution in [1.82, 2.24) is 25.0 Å². The van der Waals surface area contributed by atoms with E-state index < -0.39 is 0 Å². The normalized spacial score (nSPS) is 24.8. The number of carbonyl (C=O) groups is 1. The Bertz CT molecular complexity index is 548. The van der Waals surface area contributed by atoms with E-state index in [-0.39, 0.29) is 17.7 Å². The lowest BCUT2D eigenvalue weighted by Gasteiger charge is -2.31. The van der Waals surface area contributed by atoms with Gasteiger partial charge in [-0.15, -0.1) is 10.2 Å². The Morgan fingerprint density at radius 1 is 1.39 bits per heavy atom. The molecule has 0 unspecified atom stereocenters. The smallest absolute Gasteiger partial charge is 0.317 e. The molecular formula is C16H27N5O2. The fourth-order valence-electron chi connectivity index (χ4n) is 3.54. The van der Waals surface area contributed by atoms with Crippen LogP contribution in [0.1, 0.15) is 51.3 Å². The highest BCUT2D eigenvalue weighted by Crippen LogP contribution is 2.29. The summed E-state index contributed by atoms with van der Waals surface area (Å²) >= 11 is 0. The van der Waals surface area contributed by atoms with Gasteiger partial charge in [0.2, 0.25) is 0 Å². The number of ether oxygens (including phenoxy) is 1. The largest absolute Gasteiger partial charge is 0.371 e. The van der Waals surface area contributed by atoms with Crippen LogP contribution in [-0.4, -0.2) is 57.0 Å². The van der Waals surface area contributed by atoms with Crippen molar-refractivity contribution in [2.24, 2.45) is 7.05 Å². The van der Waals surface area contributed by atoms with E-state index in [1.54, 1.807) is 6.33 Å². The van der Waals surface area contributed by atoms with Crippen molar-refractivity contribution in [1.29, 1.82) is 0 Å². The average molecular weight is 321 g/mol. The molecule has 0 spiro atoms. The number of nitrogens with zero attached hydrogens (tertiary/aromatic N) is 4. The molecule has 2 aliphatic heterocycles. The molecule has 128 valence electrons. The zero-order chi connectivity index (χ0) is 16.4. The van der Waals surface area contributed by atoms with Gasteiger partial charge in [0.15, 0.2) is 0 Å². The first-order valence-electron chi connectivity index (χ1n) is 8.49. The van der Waals surface area contributed by atoms with Gasteiger partial charge in [0.1, 0.15) is 12.2 Å². The molecule has 0 aliphatic carbocycles. The van der Waals surface area contributed by atoms with E-state index in [2.05, 4.69) is 29.4 Å². The van der Waals surface area contributed by atoms with E-state index in [4.69, 9.17) is 4.74 Å². The number of carbonyl (C=O) groups excluding carboxylic acids is 1. The van der Waals surface area contributed by atoms with E-state index >= 15 is 0 Å². The second-order valence-corrected chi connectivity index (χ2v) is 7.29. The van der Waals surface area contributed by atoms with Gasteiger partial charge < -0.3 is 19.5 Å². The highest BCUT2D eigenvalue weighted by atomic mass is 16.5. The van der Waals surface area contributed by atoms with Gasteiger partial charge in [-0.05, 0) is 39.5 Å². The number of hydrogen-bond donors (Lipinski definition) is 1. The van der Waals surface area contributed by atoms with Crippen LogP contribution in [0.15, 0.2) is 6.33 Å².